The van der Waals surface area contributed by atoms with E-state index >= 15 is 0 Å². The van der Waals surface area contributed by atoms with Gasteiger partial charge in [-0.15, -0.1) is 0 Å². The van der Waals surface area contributed by atoms with Crippen molar-refractivity contribution in [1.29, 1.82) is 0 Å². The third-order valence-electron chi connectivity index (χ3n) is 3.53. The SMILES string of the molecule is CCC(CC)CNCC(O)C(CC)CC. The first kappa shape index (κ1) is 14.9. The number of aliphatic hydroxyl groups is 1. The van der Waals surface area contributed by atoms with Crippen LogP contribution in [-0.4, -0.2) is 24.3 Å². The third-order valence-corrected chi connectivity index (χ3v) is 3.53. The van der Waals surface area contributed by atoms with Gasteiger partial charge in [-0.2, -0.15) is 0 Å². The molecule has 0 aromatic heterocycles. The maximum atomic E-state index is 9.90. The number of aliphatic hydroxyl groups excluding tert-OH is 1. The van der Waals surface area contributed by atoms with Crippen LogP contribution in [0, 0.1) is 11.8 Å². The standard InChI is InChI=1S/C13H29NO/c1-5-11(6-2)9-14-10-13(15)12(7-3)8-4/h11-15H,5-10H2,1-4H3. The minimum Gasteiger partial charge on any atom is -0.392 e. The summed E-state index contributed by atoms with van der Waals surface area (Å²) in [5.74, 6) is 1.22. The van der Waals surface area contributed by atoms with E-state index < -0.39 is 0 Å². The third kappa shape index (κ3) is 6.16. The van der Waals surface area contributed by atoms with Crippen molar-refractivity contribution >= 4 is 0 Å². The van der Waals surface area contributed by atoms with Gasteiger partial charge in [-0.05, 0) is 18.4 Å². The largest absolute Gasteiger partial charge is 0.392 e. The molecule has 0 saturated carbocycles. The maximum absolute atomic E-state index is 9.90. The first-order chi connectivity index (χ1) is 7.19. The fourth-order valence-corrected chi connectivity index (χ4v) is 2.01. The Kier molecular flexibility index (Phi) is 9.12. The minimum absolute atomic E-state index is 0.172. The van der Waals surface area contributed by atoms with E-state index in [1.165, 1.54) is 12.8 Å². The predicted octanol–water partition coefficient (Wildman–Crippen LogP) is 2.81. The van der Waals surface area contributed by atoms with E-state index in [1.807, 2.05) is 0 Å². The highest BCUT2D eigenvalue weighted by Gasteiger charge is 2.15. The fraction of sp³-hybridized carbons (Fsp3) is 1.00. The van der Waals surface area contributed by atoms with Crippen LogP contribution in [0.2, 0.25) is 0 Å². The second-order valence-corrected chi connectivity index (χ2v) is 4.48. The second kappa shape index (κ2) is 9.17. The van der Waals surface area contributed by atoms with Gasteiger partial charge in [0.05, 0.1) is 6.10 Å². The Morgan fingerprint density at radius 2 is 1.40 bits per heavy atom. The zero-order chi connectivity index (χ0) is 11.7. The summed E-state index contributed by atoms with van der Waals surface area (Å²) in [5, 5.41) is 13.3. The van der Waals surface area contributed by atoms with Crippen LogP contribution >= 0.6 is 0 Å². The van der Waals surface area contributed by atoms with Crippen molar-refractivity contribution in [3.8, 4) is 0 Å². The Morgan fingerprint density at radius 1 is 0.867 bits per heavy atom. The van der Waals surface area contributed by atoms with E-state index in [-0.39, 0.29) is 6.10 Å². The number of hydrogen-bond donors (Lipinski definition) is 2. The van der Waals surface area contributed by atoms with Crippen molar-refractivity contribution in [1.82, 2.24) is 5.32 Å². The predicted molar refractivity (Wildman–Crippen MR) is 67.0 cm³/mol. The molecule has 2 heteroatoms. The first-order valence-corrected chi connectivity index (χ1v) is 6.58. The molecule has 0 aliphatic rings. The minimum atomic E-state index is -0.172. The van der Waals surface area contributed by atoms with Crippen LogP contribution in [0.25, 0.3) is 0 Å². The molecule has 92 valence electrons. The van der Waals surface area contributed by atoms with Gasteiger partial charge in [-0.25, -0.2) is 0 Å². The monoisotopic (exact) mass is 215 g/mol. The Bertz CT molecular complexity index is 130. The van der Waals surface area contributed by atoms with E-state index in [9.17, 15) is 5.11 Å². The zero-order valence-electron chi connectivity index (χ0n) is 10.9. The van der Waals surface area contributed by atoms with E-state index in [0.29, 0.717) is 5.92 Å². The topological polar surface area (TPSA) is 32.3 Å². The molecule has 2 N–H and O–H groups in total. The molecule has 0 amide bonds. The van der Waals surface area contributed by atoms with Gasteiger partial charge in [0.15, 0.2) is 0 Å². The first-order valence-electron chi connectivity index (χ1n) is 6.58. The van der Waals surface area contributed by atoms with Crippen LogP contribution in [0.5, 0.6) is 0 Å². The molecular formula is C13H29NO. The Morgan fingerprint density at radius 3 is 1.80 bits per heavy atom. The summed E-state index contributed by atoms with van der Waals surface area (Å²) in [6.07, 6.45) is 4.43. The average molecular weight is 215 g/mol. The molecule has 0 radical (unpaired) electrons. The van der Waals surface area contributed by atoms with Crippen molar-refractivity contribution in [2.45, 2.75) is 59.5 Å². The highest BCUT2D eigenvalue weighted by Crippen LogP contribution is 2.12. The van der Waals surface area contributed by atoms with Crippen LogP contribution in [0.15, 0.2) is 0 Å². The summed E-state index contributed by atoms with van der Waals surface area (Å²) in [6, 6.07) is 0. The van der Waals surface area contributed by atoms with E-state index in [0.717, 1.165) is 31.8 Å². The summed E-state index contributed by atoms with van der Waals surface area (Å²) in [7, 11) is 0. The van der Waals surface area contributed by atoms with E-state index in [4.69, 9.17) is 0 Å². The molecule has 0 heterocycles. The maximum Gasteiger partial charge on any atom is 0.0692 e. The Labute approximate surface area is 95.5 Å². The molecule has 0 aliphatic heterocycles. The zero-order valence-corrected chi connectivity index (χ0v) is 10.9. The van der Waals surface area contributed by atoms with Gasteiger partial charge in [-0.3, -0.25) is 0 Å². The van der Waals surface area contributed by atoms with Crippen molar-refractivity contribution in [3.05, 3.63) is 0 Å². The molecule has 0 bridgehead atoms. The molecule has 2 nitrogen and oxygen atoms in total. The molecule has 15 heavy (non-hydrogen) atoms. The summed E-state index contributed by atoms with van der Waals surface area (Å²) >= 11 is 0. The van der Waals surface area contributed by atoms with Crippen LogP contribution in [-0.2, 0) is 0 Å². The summed E-state index contributed by atoms with van der Waals surface area (Å²) in [4.78, 5) is 0. The smallest absolute Gasteiger partial charge is 0.0692 e. The molecule has 1 atom stereocenters. The summed E-state index contributed by atoms with van der Waals surface area (Å²) in [5.41, 5.74) is 0. The number of rotatable bonds is 9. The highest BCUT2D eigenvalue weighted by molar-refractivity contribution is 4.69. The van der Waals surface area contributed by atoms with Gasteiger partial charge in [-0.1, -0.05) is 53.4 Å². The fourth-order valence-electron chi connectivity index (χ4n) is 2.01. The molecule has 0 fully saturated rings. The van der Waals surface area contributed by atoms with Gasteiger partial charge >= 0.3 is 0 Å². The molecule has 0 aromatic carbocycles. The molecule has 0 spiro atoms. The van der Waals surface area contributed by atoms with Crippen molar-refractivity contribution in [2.24, 2.45) is 11.8 Å². The van der Waals surface area contributed by atoms with Gasteiger partial charge in [0.2, 0.25) is 0 Å². The second-order valence-electron chi connectivity index (χ2n) is 4.48. The lowest BCUT2D eigenvalue weighted by molar-refractivity contribution is 0.100. The van der Waals surface area contributed by atoms with Gasteiger partial charge < -0.3 is 10.4 Å². The molecule has 0 aliphatic carbocycles. The quantitative estimate of drug-likeness (QED) is 0.620. The molecule has 0 rings (SSSR count). The number of hydrogen-bond acceptors (Lipinski definition) is 2. The van der Waals surface area contributed by atoms with Crippen LogP contribution < -0.4 is 5.32 Å². The van der Waals surface area contributed by atoms with Crippen LogP contribution in [0.1, 0.15) is 53.4 Å². The van der Waals surface area contributed by atoms with Gasteiger partial charge in [0.1, 0.15) is 0 Å². The van der Waals surface area contributed by atoms with Crippen molar-refractivity contribution < 1.29 is 5.11 Å². The molecule has 0 aromatic rings. The lowest BCUT2D eigenvalue weighted by Crippen LogP contribution is -2.34. The lowest BCUT2D eigenvalue weighted by atomic mass is 9.96. The van der Waals surface area contributed by atoms with Crippen molar-refractivity contribution in [2.75, 3.05) is 13.1 Å². The van der Waals surface area contributed by atoms with Crippen molar-refractivity contribution in [3.63, 3.8) is 0 Å². The summed E-state index contributed by atoms with van der Waals surface area (Å²) < 4.78 is 0. The van der Waals surface area contributed by atoms with Crippen LogP contribution in [0.3, 0.4) is 0 Å². The Balaban J connectivity index is 3.65. The van der Waals surface area contributed by atoms with E-state index in [2.05, 4.69) is 33.0 Å². The Hall–Kier alpha value is -0.0800. The lowest BCUT2D eigenvalue weighted by Gasteiger charge is -2.21. The summed E-state index contributed by atoms with van der Waals surface area (Å²) in [6.45, 7) is 10.6. The highest BCUT2D eigenvalue weighted by atomic mass is 16.3. The van der Waals surface area contributed by atoms with E-state index in [1.54, 1.807) is 0 Å². The van der Waals surface area contributed by atoms with Gasteiger partial charge in [0, 0.05) is 6.54 Å². The molecule has 0 saturated heterocycles. The normalized spacial score (nSPS) is 13.8. The molecular weight excluding hydrogens is 186 g/mol. The average Bonchev–Trinajstić information content (AvgIpc) is 2.26. The number of nitrogens with one attached hydrogen (secondary N) is 1. The molecule has 1 unspecified atom stereocenters. The van der Waals surface area contributed by atoms with Crippen LogP contribution in [0.4, 0.5) is 0 Å². The van der Waals surface area contributed by atoms with Gasteiger partial charge in [0.25, 0.3) is 0 Å².